The summed E-state index contributed by atoms with van der Waals surface area (Å²) in [6, 6.07) is 12.7. The lowest BCUT2D eigenvalue weighted by Gasteiger charge is -2.50. The predicted octanol–water partition coefficient (Wildman–Crippen LogP) is 3.07. The molecule has 2 fully saturated rings. The highest BCUT2D eigenvalue weighted by Crippen LogP contribution is 2.53. The van der Waals surface area contributed by atoms with Crippen LogP contribution < -0.4 is 15.0 Å². The van der Waals surface area contributed by atoms with Crippen LogP contribution in [-0.4, -0.2) is 59.2 Å². The summed E-state index contributed by atoms with van der Waals surface area (Å²) < 4.78 is 13.0. The third-order valence-corrected chi connectivity index (χ3v) is 7.76. The van der Waals surface area contributed by atoms with E-state index in [0.29, 0.717) is 5.69 Å². The Morgan fingerprint density at radius 2 is 2.06 bits per heavy atom. The Kier molecular flexibility index (Phi) is 4.86. The van der Waals surface area contributed by atoms with Gasteiger partial charge in [0.25, 0.3) is 0 Å². The lowest BCUT2D eigenvalue weighted by Crippen LogP contribution is -2.55. The molecule has 2 aromatic carbocycles. The number of nitrogens with one attached hydrogen (secondary N) is 1. The SMILES string of the molecule is CC1(C)Oc2ccc(O)cc2[C@H]2O[C@H]3CCN(CC(=O)N4CC(=O)Nc5ccccc54)[C@@H]3C[C@@H]21. The van der Waals surface area contributed by atoms with Gasteiger partial charge in [-0.1, -0.05) is 12.1 Å². The number of phenolic OH excluding ortho intramolecular Hbond substituents is 1. The Balaban J connectivity index is 1.23. The van der Waals surface area contributed by atoms with Crippen LogP contribution >= 0.6 is 0 Å². The van der Waals surface area contributed by atoms with Gasteiger partial charge >= 0.3 is 0 Å². The molecule has 4 aliphatic heterocycles. The van der Waals surface area contributed by atoms with Crippen molar-refractivity contribution in [2.24, 2.45) is 5.92 Å². The van der Waals surface area contributed by atoms with Crippen molar-refractivity contribution in [1.82, 2.24) is 4.90 Å². The van der Waals surface area contributed by atoms with Crippen molar-refractivity contribution in [2.75, 3.05) is 29.9 Å². The Labute approximate surface area is 198 Å². The van der Waals surface area contributed by atoms with Crippen molar-refractivity contribution in [3.63, 3.8) is 0 Å². The molecule has 2 N–H and O–H groups in total. The minimum atomic E-state index is -0.443. The smallest absolute Gasteiger partial charge is 0.244 e. The fourth-order valence-corrected chi connectivity index (χ4v) is 6.07. The zero-order chi connectivity index (χ0) is 23.6. The Hall–Kier alpha value is -3.10. The van der Waals surface area contributed by atoms with Gasteiger partial charge in [-0.25, -0.2) is 0 Å². The second-order valence-electron chi connectivity index (χ2n) is 10.2. The Morgan fingerprint density at radius 1 is 1.24 bits per heavy atom. The average molecular weight is 464 g/mol. The van der Waals surface area contributed by atoms with Crippen molar-refractivity contribution in [3.05, 3.63) is 48.0 Å². The number of likely N-dealkylation sites (tertiary alicyclic amines) is 1. The first-order valence-electron chi connectivity index (χ1n) is 11.9. The fraction of sp³-hybridized carbons (Fsp3) is 0.462. The largest absolute Gasteiger partial charge is 0.508 e. The summed E-state index contributed by atoms with van der Waals surface area (Å²) in [4.78, 5) is 29.3. The van der Waals surface area contributed by atoms with E-state index in [1.54, 1.807) is 17.0 Å². The molecular formula is C26H29N3O5. The summed E-state index contributed by atoms with van der Waals surface area (Å²) in [7, 11) is 0. The highest BCUT2D eigenvalue weighted by molar-refractivity contribution is 6.10. The van der Waals surface area contributed by atoms with E-state index in [1.165, 1.54) is 0 Å². The van der Waals surface area contributed by atoms with Crippen LogP contribution in [0.25, 0.3) is 0 Å². The molecule has 2 saturated heterocycles. The number of carbonyl (C=O) groups excluding carboxylic acids is 2. The molecule has 4 heterocycles. The minimum Gasteiger partial charge on any atom is -0.508 e. The number of ether oxygens (including phenoxy) is 2. The molecule has 8 heteroatoms. The molecule has 0 spiro atoms. The normalized spacial score (nSPS) is 29.2. The molecule has 0 unspecified atom stereocenters. The molecule has 6 rings (SSSR count). The van der Waals surface area contributed by atoms with E-state index < -0.39 is 5.60 Å². The van der Waals surface area contributed by atoms with Crippen molar-refractivity contribution < 1.29 is 24.2 Å². The number of amides is 2. The molecule has 0 bridgehead atoms. The fourth-order valence-electron chi connectivity index (χ4n) is 6.07. The second kappa shape index (κ2) is 7.71. The summed E-state index contributed by atoms with van der Waals surface area (Å²) in [6.07, 6.45) is 1.53. The Morgan fingerprint density at radius 3 is 2.91 bits per heavy atom. The molecule has 0 aliphatic carbocycles. The third-order valence-electron chi connectivity index (χ3n) is 7.76. The molecule has 8 nitrogen and oxygen atoms in total. The number of hydrogen-bond acceptors (Lipinski definition) is 6. The van der Waals surface area contributed by atoms with Crippen LogP contribution in [-0.2, 0) is 14.3 Å². The van der Waals surface area contributed by atoms with Gasteiger partial charge in [0.15, 0.2) is 0 Å². The van der Waals surface area contributed by atoms with Gasteiger partial charge in [0.2, 0.25) is 11.8 Å². The lowest BCUT2D eigenvalue weighted by molar-refractivity contribution is -0.162. The minimum absolute atomic E-state index is 0.00934. The number of rotatable bonds is 2. The van der Waals surface area contributed by atoms with Crippen molar-refractivity contribution >= 4 is 23.2 Å². The van der Waals surface area contributed by atoms with Gasteiger partial charge in [0.1, 0.15) is 23.6 Å². The van der Waals surface area contributed by atoms with Gasteiger partial charge in [0.05, 0.1) is 30.1 Å². The van der Waals surface area contributed by atoms with E-state index in [-0.39, 0.29) is 54.8 Å². The lowest BCUT2D eigenvalue weighted by atomic mass is 9.74. The van der Waals surface area contributed by atoms with Gasteiger partial charge in [-0.2, -0.15) is 0 Å². The molecular weight excluding hydrogens is 434 g/mol. The third kappa shape index (κ3) is 3.44. The molecule has 178 valence electrons. The van der Waals surface area contributed by atoms with Gasteiger partial charge in [-0.05, 0) is 57.0 Å². The zero-order valence-electron chi connectivity index (χ0n) is 19.4. The molecule has 0 radical (unpaired) electrons. The summed E-state index contributed by atoms with van der Waals surface area (Å²) in [5.74, 6) is 0.781. The Bertz CT molecular complexity index is 1160. The molecule has 4 aliphatic rings. The number of fused-ring (bicyclic) bond motifs is 5. The number of hydrogen-bond donors (Lipinski definition) is 2. The van der Waals surface area contributed by atoms with Gasteiger partial charge < -0.3 is 19.9 Å². The standard InChI is InChI=1S/C26H29N3O5/c1-26(2)17-12-20-22(33-25(17)16-11-15(30)7-8-21(16)34-26)9-10-28(20)14-24(32)29-13-23(31)27-18-5-3-4-6-19(18)29/h3-8,11,17,20,22,25,30H,9-10,12-14H2,1-2H3,(H,27,31)/t17-,20+,22-,25+/m0/s1. The molecule has 0 saturated carbocycles. The van der Waals surface area contributed by atoms with Gasteiger partial charge in [-0.3, -0.25) is 19.4 Å². The van der Waals surface area contributed by atoms with Crippen LogP contribution in [0.1, 0.15) is 38.4 Å². The first-order chi connectivity index (χ1) is 16.3. The highest BCUT2D eigenvalue weighted by atomic mass is 16.5. The molecule has 0 aromatic heterocycles. The summed E-state index contributed by atoms with van der Waals surface area (Å²) in [6.45, 7) is 5.19. The predicted molar refractivity (Wildman–Crippen MR) is 126 cm³/mol. The molecule has 2 amide bonds. The summed E-state index contributed by atoms with van der Waals surface area (Å²) in [5.41, 5.74) is 1.86. The first kappa shape index (κ1) is 21.4. The molecule has 34 heavy (non-hydrogen) atoms. The van der Waals surface area contributed by atoms with Crippen LogP contribution in [0.15, 0.2) is 42.5 Å². The van der Waals surface area contributed by atoms with Crippen LogP contribution in [0.2, 0.25) is 0 Å². The maximum atomic E-state index is 13.4. The van der Waals surface area contributed by atoms with Crippen molar-refractivity contribution in [1.29, 1.82) is 0 Å². The van der Waals surface area contributed by atoms with E-state index in [2.05, 4.69) is 24.1 Å². The number of para-hydroxylation sites is 2. The van der Waals surface area contributed by atoms with Gasteiger partial charge in [-0.15, -0.1) is 0 Å². The average Bonchev–Trinajstić information content (AvgIpc) is 3.19. The second-order valence-corrected chi connectivity index (χ2v) is 10.2. The maximum Gasteiger partial charge on any atom is 0.244 e. The van der Waals surface area contributed by atoms with E-state index in [9.17, 15) is 14.7 Å². The van der Waals surface area contributed by atoms with Crippen molar-refractivity contribution in [2.45, 2.75) is 50.5 Å². The first-order valence-corrected chi connectivity index (χ1v) is 11.9. The van der Waals surface area contributed by atoms with E-state index in [1.807, 2.05) is 30.3 Å². The van der Waals surface area contributed by atoms with E-state index in [0.717, 1.165) is 36.4 Å². The number of benzene rings is 2. The zero-order valence-corrected chi connectivity index (χ0v) is 19.4. The quantitative estimate of drug-likeness (QED) is 0.711. The van der Waals surface area contributed by atoms with Crippen LogP contribution in [0.4, 0.5) is 11.4 Å². The number of carbonyl (C=O) groups is 2. The van der Waals surface area contributed by atoms with E-state index in [4.69, 9.17) is 9.47 Å². The van der Waals surface area contributed by atoms with Crippen molar-refractivity contribution in [3.8, 4) is 11.5 Å². The van der Waals surface area contributed by atoms with Crippen LogP contribution in [0.5, 0.6) is 11.5 Å². The number of nitrogens with zero attached hydrogens (tertiary/aromatic N) is 2. The monoisotopic (exact) mass is 463 g/mol. The highest BCUT2D eigenvalue weighted by Gasteiger charge is 2.53. The number of anilines is 2. The van der Waals surface area contributed by atoms with E-state index >= 15 is 0 Å². The molecule has 2 aromatic rings. The van der Waals surface area contributed by atoms with Crippen LogP contribution in [0, 0.1) is 5.92 Å². The maximum absolute atomic E-state index is 13.4. The van der Waals surface area contributed by atoms with Gasteiger partial charge in [0, 0.05) is 24.1 Å². The number of phenols is 1. The summed E-state index contributed by atoms with van der Waals surface area (Å²) >= 11 is 0. The summed E-state index contributed by atoms with van der Waals surface area (Å²) in [5, 5.41) is 12.9. The molecule has 4 atom stereocenters. The topological polar surface area (TPSA) is 91.3 Å². The number of aromatic hydroxyl groups is 1. The van der Waals surface area contributed by atoms with Crippen LogP contribution in [0.3, 0.4) is 0 Å².